The van der Waals surface area contributed by atoms with Gasteiger partial charge in [-0.05, 0) is 43.2 Å². The monoisotopic (exact) mass is 329 g/mol. The Morgan fingerprint density at radius 1 is 1.33 bits per heavy atom. The molecule has 6 heteroatoms. The minimum absolute atomic E-state index is 0.00927. The average Bonchev–Trinajstić information content (AvgIpc) is 2.63. The number of rotatable bonds is 4. The maximum Gasteiger partial charge on any atom is 0.248 e. The van der Waals surface area contributed by atoms with Crippen molar-refractivity contribution in [3.63, 3.8) is 0 Å². The van der Waals surface area contributed by atoms with Crippen molar-refractivity contribution in [2.45, 2.75) is 18.8 Å². The van der Waals surface area contributed by atoms with Gasteiger partial charge in [0.1, 0.15) is 12.4 Å². The van der Waals surface area contributed by atoms with Crippen molar-refractivity contribution in [2.24, 2.45) is 0 Å². The molecule has 1 atom stereocenters. The van der Waals surface area contributed by atoms with Crippen molar-refractivity contribution in [2.75, 3.05) is 26.8 Å². The Bertz CT molecular complexity index is 706. The largest absolute Gasteiger partial charge is 0.375 e. The fourth-order valence-electron chi connectivity index (χ4n) is 3.00. The van der Waals surface area contributed by atoms with Gasteiger partial charge in [-0.1, -0.05) is 0 Å². The molecular weight excluding hydrogens is 309 g/mol. The quantitative estimate of drug-likeness (QED) is 0.865. The first-order chi connectivity index (χ1) is 11.7. The van der Waals surface area contributed by atoms with Crippen LogP contribution in [0.4, 0.5) is 4.39 Å². The molecule has 0 N–H and O–H groups in total. The van der Waals surface area contributed by atoms with Crippen molar-refractivity contribution >= 4 is 5.91 Å². The highest BCUT2D eigenvalue weighted by atomic mass is 19.1. The lowest BCUT2D eigenvalue weighted by atomic mass is 9.94. The van der Waals surface area contributed by atoms with Crippen LogP contribution in [0, 0.1) is 5.82 Å². The van der Waals surface area contributed by atoms with Crippen LogP contribution in [0.5, 0.6) is 0 Å². The van der Waals surface area contributed by atoms with Crippen LogP contribution in [0.2, 0.25) is 0 Å². The molecule has 1 aromatic carbocycles. The van der Waals surface area contributed by atoms with E-state index in [2.05, 4.69) is 9.97 Å². The molecule has 0 saturated carbocycles. The molecule has 2 heterocycles. The van der Waals surface area contributed by atoms with Crippen molar-refractivity contribution in [1.82, 2.24) is 14.9 Å². The van der Waals surface area contributed by atoms with Gasteiger partial charge < -0.3 is 9.64 Å². The highest BCUT2D eigenvalue weighted by Gasteiger charge is 2.25. The fraction of sp³-hybridized carbons (Fsp3) is 0.389. The lowest BCUT2D eigenvalue weighted by Crippen LogP contribution is -2.41. The predicted octanol–water partition coefficient (Wildman–Crippen LogP) is 2.64. The van der Waals surface area contributed by atoms with Crippen molar-refractivity contribution in [3.8, 4) is 11.4 Å². The third kappa shape index (κ3) is 3.76. The number of aromatic nitrogens is 2. The molecule has 0 radical (unpaired) electrons. The Morgan fingerprint density at radius 2 is 2.12 bits per heavy atom. The fourth-order valence-corrected chi connectivity index (χ4v) is 3.00. The van der Waals surface area contributed by atoms with Crippen LogP contribution in [0.25, 0.3) is 11.4 Å². The summed E-state index contributed by atoms with van der Waals surface area (Å²) in [6.07, 6.45) is 3.64. The predicted molar refractivity (Wildman–Crippen MR) is 87.9 cm³/mol. The van der Waals surface area contributed by atoms with Crippen LogP contribution >= 0.6 is 0 Å². The number of hydrogen-bond acceptors (Lipinski definition) is 4. The van der Waals surface area contributed by atoms with Gasteiger partial charge in [0.05, 0.1) is 0 Å². The van der Waals surface area contributed by atoms with E-state index < -0.39 is 0 Å². The molecule has 2 aromatic rings. The number of hydrogen-bond donors (Lipinski definition) is 0. The molecule has 1 aliphatic heterocycles. The Labute approximate surface area is 140 Å². The first-order valence-electron chi connectivity index (χ1n) is 8.03. The zero-order chi connectivity index (χ0) is 16.9. The average molecular weight is 329 g/mol. The van der Waals surface area contributed by atoms with E-state index in [4.69, 9.17) is 4.74 Å². The number of halogens is 1. The zero-order valence-electron chi connectivity index (χ0n) is 13.6. The van der Waals surface area contributed by atoms with Crippen LogP contribution in [0.3, 0.4) is 0 Å². The molecule has 5 nitrogen and oxygen atoms in total. The third-order valence-corrected chi connectivity index (χ3v) is 4.24. The Morgan fingerprint density at radius 3 is 2.88 bits per heavy atom. The first kappa shape index (κ1) is 16.5. The Hall–Kier alpha value is -2.34. The molecule has 1 aromatic heterocycles. The molecule has 0 spiro atoms. The van der Waals surface area contributed by atoms with Gasteiger partial charge in [0.25, 0.3) is 0 Å². The molecular formula is C18H20FN3O2. The number of methoxy groups -OCH3 is 1. The summed E-state index contributed by atoms with van der Waals surface area (Å²) in [7, 11) is 1.53. The lowest BCUT2D eigenvalue weighted by Gasteiger charge is -2.32. The minimum Gasteiger partial charge on any atom is -0.375 e. The summed E-state index contributed by atoms with van der Waals surface area (Å²) in [5.74, 6) is 0.485. The van der Waals surface area contributed by atoms with Gasteiger partial charge in [-0.15, -0.1) is 0 Å². The van der Waals surface area contributed by atoms with E-state index in [1.54, 1.807) is 18.3 Å². The summed E-state index contributed by atoms with van der Waals surface area (Å²) in [5, 5.41) is 0. The van der Waals surface area contributed by atoms with Gasteiger partial charge in [0, 0.05) is 43.6 Å². The number of nitrogens with zero attached hydrogens (tertiary/aromatic N) is 3. The maximum atomic E-state index is 13.1. The van der Waals surface area contributed by atoms with Gasteiger partial charge in [-0.3, -0.25) is 4.79 Å². The van der Waals surface area contributed by atoms with Gasteiger partial charge in [0.2, 0.25) is 5.91 Å². The number of carbonyl (C=O) groups is 1. The first-order valence-corrected chi connectivity index (χ1v) is 8.03. The number of likely N-dealkylation sites (tertiary alicyclic amines) is 1. The van der Waals surface area contributed by atoms with Crippen LogP contribution < -0.4 is 0 Å². The summed E-state index contributed by atoms with van der Waals surface area (Å²) in [4.78, 5) is 22.8. The van der Waals surface area contributed by atoms with E-state index in [0.29, 0.717) is 12.4 Å². The molecule has 0 bridgehead atoms. The lowest BCUT2D eigenvalue weighted by molar-refractivity contribution is -0.136. The Balaban J connectivity index is 1.78. The zero-order valence-corrected chi connectivity index (χ0v) is 13.6. The van der Waals surface area contributed by atoms with E-state index in [1.165, 1.54) is 19.2 Å². The SMILES string of the molecule is COCC(=O)N1CCCC(c2ccnc(-c3ccc(F)cc3)n2)C1. The molecule has 1 saturated heterocycles. The molecule has 1 amide bonds. The van der Waals surface area contributed by atoms with E-state index in [9.17, 15) is 9.18 Å². The highest BCUT2D eigenvalue weighted by molar-refractivity contribution is 5.77. The number of piperidine rings is 1. The van der Waals surface area contributed by atoms with Crippen molar-refractivity contribution in [3.05, 3.63) is 48.0 Å². The molecule has 126 valence electrons. The van der Waals surface area contributed by atoms with E-state index in [1.807, 2.05) is 11.0 Å². The Kier molecular flexibility index (Phi) is 5.15. The second kappa shape index (κ2) is 7.49. The molecule has 24 heavy (non-hydrogen) atoms. The number of ether oxygens (including phenoxy) is 1. The summed E-state index contributed by atoms with van der Waals surface area (Å²) in [6, 6.07) is 8.03. The second-order valence-electron chi connectivity index (χ2n) is 5.92. The van der Waals surface area contributed by atoms with Crippen LogP contribution in [-0.2, 0) is 9.53 Å². The summed E-state index contributed by atoms with van der Waals surface area (Å²) in [6.45, 7) is 1.51. The van der Waals surface area contributed by atoms with Crippen LogP contribution in [-0.4, -0.2) is 47.6 Å². The number of benzene rings is 1. The second-order valence-corrected chi connectivity index (χ2v) is 5.92. The molecule has 0 aliphatic carbocycles. The molecule has 1 unspecified atom stereocenters. The molecule has 1 fully saturated rings. The van der Waals surface area contributed by atoms with E-state index in [0.717, 1.165) is 30.6 Å². The number of amides is 1. The van der Waals surface area contributed by atoms with Gasteiger partial charge in [-0.2, -0.15) is 0 Å². The standard InChI is InChI=1S/C18H20FN3O2/c1-24-12-17(23)22-10-2-3-14(11-22)16-8-9-20-18(21-16)13-4-6-15(19)7-5-13/h4-9,14H,2-3,10-12H2,1H3. The van der Waals surface area contributed by atoms with Gasteiger partial charge in [0.15, 0.2) is 5.82 Å². The van der Waals surface area contributed by atoms with Crippen molar-refractivity contribution in [1.29, 1.82) is 0 Å². The van der Waals surface area contributed by atoms with E-state index in [-0.39, 0.29) is 24.2 Å². The van der Waals surface area contributed by atoms with Crippen LogP contribution in [0.1, 0.15) is 24.5 Å². The molecule has 3 rings (SSSR count). The topological polar surface area (TPSA) is 55.3 Å². The highest BCUT2D eigenvalue weighted by Crippen LogP contribution is 2.27. The van der Waals surface area contributed by atoms with Crippen molar-refractivity contribution < 1.29 is 13.9 Å². The minimum atomic E-state index is -0.283. The summed E-state index contributed by atoms with van der Waals surface area (Å²) in [5.41, 5.74) is 1.70. The van der Waals surface area contributed by atoms with Gasteiger partial charge >= 0.3 is 0 Å². The molecule has 1 aliphatic rings. The normalized spacial score (nSPS) is 17.8. The number of carbonyl (C=O) groups excluding carboxylic acids is 1. The van der Waals surface area contributed by atoms with Crippen LogP contribution in [0.15, 0.2) is 36.5 Å². The van der Waals surface area contributed by atoms with E-state index >= 15 is 0 Å². The maximum absolute atomic E-state index is 13.1. The summed E-state index contributed by atoms with van der Waals surface area (Å²) >= 11 is 0. The third-order valence-electron chi connectivity index (χ3n) is 4.24. The summed E-state index contributed by atoms with van der Waals surface area (Å²) < 4.78 is 18.0. The smallest absolute Gasteiger partial charge is 0.248 e. The van der Waals surface area contributed by atoms with Gasteiger partial charge in [-0.25, -0.2) is 14.4 Å².